The van der Waals surface area contributed by atoms with Gasteiger partial charge in [-0.2, -0.15) is 0 Å². The summed E-state index contributed by atoms with van der Waals surface area (Å²) >= 11 is 0. The Morgan fingerprint density at radius 1 is 1.26 bits per heavy atom. The molecular formula is C20H25B2N2O6P. The molecular weight excluding hydrogens is 417 g/mol. The molecule has 162 valence electrons. The molecule has 1 aromatic carbocycles. The van der Waals surface area contributed by atoms with Crippen molar-refractivity contribution in [3.8, 4) is 11.5 Å². The largest absolute Gasteiger partial charge is 0.506 e. The third-order valence-corrected chi connectivity index (χ3v) is 5.53. The van der Waals surface area contributed by atoms with E-state index in [1.807, 2.05) is 6.07 Å². The summed E-state index contributed by atoms with van der Waals surface area (Å²) in [5.74, 6) is -0.291. The fourth-order valence-electron chi connectivity index (χ4n) is 2.52. The number of aromatic nitrogens is 1. The average Bonchev–Trinajstić information content (AvgIpc) is 2.69. The molecule has 31 heavy (non-hydrogen) atoms. The summed E-state index contributed by atoms with van der Waals surface area (Å²) in [7, 11) is 10.3. The van der Waals surface area contributed by atoms with Gasteiger partial charge in [-0.15, -0.1) is 0 Å². The number of esters is 1. The minimum Gasteiger partial charge on any atom is -0.506 e. The lowest BCUT2D eigenvalue weighted by Gasteiger charge is -2.33. The number of para-hydroxylation sites is 1. The summed E-state index contributed by atoms with van der Waals surface area (Å²) in [5.41, 5.74) is 0.454. The van der Waals surface area contributed by atoms with Crippen LogP contribution in [0.25, 0.3) is 0 Å². The van der Waals surface area contributed by atoms with E-state index in [0.717, 1.165) is 0 Å². The second-order valence-electron chi connectivity index (χ2n) is 7.12. The number of pyridine rings is 1. The van der Waals surface area contributed by atoms with Crippen molar-refractivity contribution >= 4 is 30.2 Å². The molecule has 2 unspecified atom stereocenters. The Morgan fingerprint density at radius 3 is 2.48 bits per heavy atom. The van der Waals surface area contributed by atoms with Crippen LogP contribution in [-0.2, 0) is 26.1 Å². The van der Waals surface area contributed by atoms with Crippen LogP contribution in [0.5, 0.6) is 11.5 Å². The molecule has 0 saturated heterocycles. The van der Waals surface area contributed by atoms with Gasteiger partial charge >= 0.3 is 14.5 Å². The highest BCUT2D eigenvalue weighted by atomic mass is 31.2. The Bertz CT molecular complexity index is 885. The van der Waals surface area contributed by atoms with Crippen LogP contribution in [0.4, 0.5) is 0 Å². The monoisotopic (exact) mass is 442 g/mol. The van der Waals surface area contributed by atoms with Crippen molar-refractivity contribution in [3.05, 3.63) is 53.3 Å². The molecule has 0 bridgehead atoms. The standard InChI is InChI=1S/C20H25B2N2O6P/c1-12(2)28-19(27)14(4)24-31(29-15-8-6-5-7-9-15)30-20(21,22)17-10-23-13(3)18(26)16(17)11-25/h5-10,12,14,24-26H,11H2,1-4H3. The Hall–Kier alpha value is -2.12. The first-order chi connectivity index (χ1) is 14.5. The number of hydrogen-bond donors (Lipinski definition) is 3. The van der Waals surface area contributed by atoms with Gasteiger partial charge in [0, 0.05) is 17.2 Å². The minimum absolute atomic E-state index is 0.0708. The lowest BCUT2D eigenvalue weighted by Crippen LogP contribution is -2.38. The van der Waals surface area contributed by atoms with Crippen LogP contribution in [0.3, 0.4) is 0 Å². The Morgan fingerprint density at radius 2 is 1.90 bits per heavy atom. The van der Waals surface area contributed by atoms with Gasteiger partial charge in [-0.1, -0.05) is 18.2 Å². The van der Waals surface area contributed by atoms with E-state index in [1.165, 1.54) is 6.20 Å². The first kappa shape index (κ1) is 25.1. The third kappa shape index (κ3) is 6.94. The predicted molar refractivity (Wildman–Crippen MR) is 119 cm³/mol. The molecule has 3 N–H and O–H groups in total. The maximum absolute atomic E-state index is 12.2. The van der Waals surface area contributed by atoms with Crippen LogP contribution >= 0.6 is 8.53 Å². The first-order valence-electron chi connectivity index (χ1n) is 9.60. The molecule has 0 aliphatic carbocycles. The Balaban J connectivity index is 2.31. The summed E-state index contributed by atoms with van der Waals surface area (Å²) < 4.78 is 16.9. The van der Waals surface area contributed by atoms with E-state index in [1.54, 1.807) is 52.0 Å². The maximum Gasteiger partial charge on any atom is 0.323 e. The van der Waals surface area contributed by atoms with Gasteiger partial charge in [0.1, 0.15) is 33.2 Å². The molecule has 0 aliphatic heterocycles. The van der Waals surface area contributed by atoms with Crippen molar-refractivity contribution in [3.63, 3.8) is 0 Å². The number of aromatic hydroxyl groups is 1. The molecule has 0 amide bonds. The van der Waals surface area contributed by atoms with Crippen LogP contribution in [-0.4, -0.2) is 49.0 Å². The van der Waals surface area contributed by atoms with E-state index < -0.39 is 32.5 Å². The zero-order chi connectivity index (χ0) is 23.2. The average molecular weight is 442 g/mol. The van der Waals surface area contributed by atoms with Crippen LogP contribution in [0.2, 0.25) is 0 Å². The first-order valence-corrected chi connectivity index (χ1v) is 10.8. The number of nitrogens with zero attached hydrogens (tertiary/aromatic N) is 1. The SMILES string of the molecule is [B]C([B])(OP(NC(C)C(=O)OC(C)C)Oc1ccccc1)c1cnc(C)c(O)c1CO. The molecule has 0 spiro atoms. The van der Waals surface area contributed by atoms with Crippen molar-refractivity contribution in [2.24, 2.45) is 0 Å². The minimum atomic E-state index is -2.07. The molecule has 11 heteroatoms. The van der Waals surface area contributed by atoms with E-state index in [-0.39, 0.29) is 23.0 Å². The van der Waals surface area contributed by atoms with E-state index in [0.29, 0.717) is 11.4 Å². The van der Waals surface area contributed by atoms with Gasteiger partial charge in [-0.25, -0.2) is 5.09 Å². The van der Waals surface area contributed by atoms with Crippen molar-refractivity contribution < 1.29 is 28.8 Å². The Labute approximate surface area is 186 Å². The second-order valence-corrected chi connectivity index (χ2v) is 8.26. The lowest BCUT2D eigenvalue weighted by atomic mass is 9.61. The molecule has 2 aromatic rings. The van der Waals surface area contributed by atoms with E-state index in [9.17, 15) is 15.0 Å². The number of benzene rings is 1. The van der Waals surface area contributed by atoms with Gasteiger partial charge in [-0.05, 0) is 45.4 Å². The smallest absolute Gasteiger partial charge is 0.323 e. The van der Waals surface area contributed by atoms with E-state index in [4.69, 9.17) is 29.5 Å². The molecule has 1 heterocycles. The van der Waals surface area contributed by atoms with Crippen LogP contribution in [0.1, 0.15) is 37.6 Å². The number of carbonyl (C=O) groups is 1. The summed E-state index contributed by atoms with van der Waals surface area (Å²) in [5, 5.41) is 20.8. The molecule has 1 aromatic heterocycles. The fourth-order valence-corrected chi connectivity index (χ4v) is 3.77. The molecule has 8 nitrogen and oxygen atoms in total. The summed E-state index contributed by atoms with van der Waals surface area (Å²) in [6, 6.07) is 7.95. The van der Waals surface area contributed by atoms with Gasteiger partial charge in [0.2, 0.25) is 0 Å². The number of ether oxygens (including phenoxy) is 1. The quantitative estimate of drug-likeness (QED) is 0.292. The highest BCUT2D eigenvalue weighted by Gasteiger charge is 2.33. The molecule has 2 atom stereocenters. The highest BCUT2D eigenvalue weighted by Crippen LogP contribution is 2.43. The summed E-state index contributed by atoms with van der Waals surface area (Å²) in [6.45, 7) is 6.10. The van der Waals surface area contributed by atoms with Crippen molar-refractivity contribution in [1.82, 2.24) is 10.1 Å². The van der Waals surface area contributed by atoms with Gasteiger partial charge in [0.25, 0.3) is 0 Å². The van der Waals surface area contributed by atoms with Crippen molar-refractivity contribution in [2.45, 2.75) is 51.8 Å². The molecule has 0 fully saturated rings. The van der Waals surface area contributed by atoms with Crippen molar-refractivity contribution in [1.29, 1.82) is 0 Å². The van der Waals surface area contributed by atoms with Gasteiger partial charge in [0.05, 0.1) is 18.4 Å². The summed E-state index contributed by atoms with van der Waals surface area (Å²) in [4.78, 5) is 16.3. The highest BCUT2D eigenvalue weighted by molar-refractivity contribution is 7.45. The van der Waals surface area contributed by atoms with Crippen LogP contribution < -0.4 is 9.61 Å². The number of aryl methyl sites for hydroxylation is 1. The molecule has 0 saturated carbocycles. The van der Waals surface area contributed by atoms with Crippen LogP contribution in [0.15, 0.2) is 36.5 Å². The Kier molecular flexibility index (Phi) is 8.89. The fraction of sp³-hybridized carbons (Fsp3) is 0.400. The van der Waals surface area contributed by atoms with E-state index >= 15 is 0 Å². The van der Waals surface area contributed by atoms with E-state index in [2.05, 4.69) is 10.1 Å². The number of aliphatic hydroxyl groups is 1. The second kappa shape index (κ2) is 11.0. The molecule has 2 rings (SSSR count). The predicted octanol–water partition coefficient (Wildman–Crippen LogP) is 2.29. The normalized spacial score (nSPS) is 13.6. The zero-order valence-electron chi connectivity index (χ0n) is 17.9. The third-order valence-electron chi connectivity index (χ3n) is 4.09. The number of carbonyl (C=O) groups excluding carboxylic acids is 1. The number of nitrogens with one attached hydrogen (secondary N) is 1. The molecule has 0 aliphatic rings. The molecule has 4 radical (unpaired) electrons. The number of hydrogen-bond acceptors (Lipinski definition) is 8. The van der Waals surface area contributed by atoms with Gasteiger partial charge in [-0.3, -0.25) is 9.78 Å². The number of rotatable bonds is 10. The maximum atomic E-state index is 12.2. The summed E-state index contributed by atoms with van der Waals surface area (Å²) in [6.07, 6.45) is 1.02. The zero-order valence-corrected chi connectivity index (χ0v) is 18.8. The van der Waals surface area contributed by atoms with Crippen LogP contribution in [0, 0.1) is 6.92 Å². The van der Waals surface area contributed by atoms with Gasteiger partial charge in [0.15, 0.2) is 0 Å². The lowest BCUT2D eigenvalue weighted by molar-refractivity contribution is -0.149. The van der Waals surface area contributed by atoms with Crippen molar-refractivity contribution in [2.75, 3.05) is 0 Å². The number of aliphatic hydroxyl groups excluding tert-OH is 1. The topological polar surface area (TPSA) is 110 Å². The van der Waals surface area contributed by atoms with Gasteiger partial charge < -0.3 is 24.0 Å².